The lowest BCUT2D eigenvalue weighted by Gasteiger charge is -2.26. The second-order valence-electron chi connectivity index (χ2n) is 8.29. The molecule has 5 heteroatoms. The molecule has 0 spiro atoms. The van der Waals surface area contributed by atoms with Crippen LogP contribution in [0.5, 0.6) is 0 Å². The molecular weight excluding hydrogens is 334 g/mol. The number of hydrogen-bond acceptors (Lipinski definition) is 3. The molecule has 4 rings (SSSR count). The Hall–Kier alpha value is -1.04. The molecule has 1 aromatic carbocycles. The van der Waals surface area contributed by atoms with Gasteiger partial charge in [-0.2, -0.15) is 0 Å². The van der Waals surface area contributed by atoms with Gasteiger partial charge in [-0.15, -0.1) is 0 Å². The minimum atomic E-state index is -0.486. The first-order valence-electron chi connectivity index (χ1n) is 10.2. The Kier molecular flexibility index (Phi) is 5.87. The van der Waals surface area contributed by atoms with Gasteiger partial charge in [0.2, 0.25) is 0 Å². The molecule has 1 saturated carbocycles. The van der Waals surface area contributed by atoms with Crippen LogP contribution in [0, 0.1) is 29.4 Å². The van der Waals surface area contributed by atoms with E-state index in [1.165, 1.54) is 51.0 Å². The van der Waals surface area contributed by atoms with E-state index in [0.717, 1.165) is 56.2 Å². The minimum absolute atomic E-state index is 0.486. The molecule has 2 unspecified atom stereocenters. The van der Waals surface area contributed by atoms with Crippen molar-refractivity contribution in [1.82, 2.24) is 9.80 Å². The highest BCUT2D eigenvalue weighted by Crippen LogP contribution is 2.52. The van der Waals surface area contributed by atoms with Crippen LogP contribution in [0.25, 0.3) is 0 Å². The van der Waals surface area contributed by atoms with Crippen LogP contribution in [0.4, 0.5) is 8.78 Å². The van der Waals surface area contributed by atoms with E-state index in [1.54, 1.807) is 0 Å². The normalized spacial score (nSPS) is 29.1. The van der Waals surface area contributed by atoms with E-state index in [4.69, 9.17) is 4.74 Å². The summed E-state index contributed by atoms with van der Waals surface area (Å²) in [6.07, 6.45) is 5.23. The molecule has 1 aliphatic carbocycles. The number of halogens is 2. The van der Waals surface area contributed by atoms with Crippen molar-refractivity contribution in [2.75, 3.05) is 45.9 Å². The highest BCUT2D eigenvalue weighted by atomic mass is 19.1. The van der Waals surface area contributed by atoms with E-state index in [2.05, 4.69) is 9.80 Å². The SMILES string of the molecule is Fc1cc(F)cc(CN2CC3C(COCCCN4CCCCC4)C3C2)c1. The Morgan fingerprint density at radius 2 is 1.62 bits per heavy atom. The van der Waals surface area contributed by atoms with Crippen molar-refractivity contribution in [2.45, 2.75) is 32.2 Å². The highest BCUT2D eigenvalue weighted by molar-refractivity contribution is 5.18. The number of likely N-dealkylation sites (tertiary alicyclic amines) is 2. The van der Waals surface area contributed by atoms with E-state index in [1.807, 2.05) is 0 Å². The summed E-state index contributed by atoms with van der Waals surface area (Å²) in [6.45, 7) is 8.17. The van der Waals surface area contributed by atoms with Gasteiger partial charge < -0.3 is 9.64 Å². The van der Waals surface area contributed by atoms with Crippen molar-refractivity contribution in [1.29, 1.82) is 0 Å². The zero-order chi connectivity index (χ0) is 17.9. The van der Waals surface area contributed by atoms with Crippen LogP contribution in [-0.4, -0.2) is 55.7 Å². The fraction of sp³-hybridized carbons (Fsp3) is 0.714. The van der Waals surface area contributed by atoms with Crippen molar-refractivity contribution < 1.29 is 13.5 Å². The average Bonchev–Trinajstić information content (AvgIpc) is 3.06. The Morgan fingerprint density at radius 1 is 0.923 bits per heavy atom. The van der Waals surface area contributed by atoms with Crippen molar-refractivity contribution in [2.24, 2.45) is 17.8 Å². The zero-order valence-corrected chi connectivity index (χ0v) is 15.5. The van der Waals surface area contributed by atoms with Crippen molar-refractivity contribution in [3.63, 3.8) is 0 Å². The maximum atomic E-state index is 13.3. The molecule has 0 amide bonds. The van der Waals surface area contributed by atoms with Gasteiger partial charge in [-0.05, 0) is 67.8 Å². The van der Waals surface area contributed by atoms with E-state index in [-0.39, 0.29) is 0 Å². The lowest BCUT2D eigenvalue weighted by molar-refractivity contribution is 0.0967. The Bertz CT molecular complexity index is 573. The van der Waals surface area contributed by atoms with Crippen molar-refractivity contribution in [3.05, 3.63) is 35.4 Å². The molecule has 2 saturated heterocycles. The van der Waals surface area contributed by atoms with Gasteiger partial charge in [-0.25, -0.2) is 8.78 Å². The third-order valence-corrected chi connectivity index (χ3v) is 6.30. The Morgan fingerprint density at radius 3 is 2.31 bits per heavy atom. The van der Waals surface area contributed by atoms with E-state index in [9.17, 15) is 8.78 Å². The molecule has 2 atom stereocenters. The maximum absolute atomic E-state index is 13.3. The first-order chi connectivity index (χ1) is 12.7. The summed E-state index contributed by atoms with van der Waals surface area (Å²) in [5.74, 6) is 1.16. The minimum Gasteiger partial charge on any atom is -0.381 e. The Labute approximate surface area is 155 Å². The fourth-order valence-corrected chi connectivity index (χ4v) is 4.87. The number of rotatable bonds is 8. The number of nitrogens with zero attached hydrogens (tertiary/aromatic N) is 2. The van der Waals surface area contributed by atoms with Crippen molar-refractivity contribution >= 4 is 0 Å². The summed E-state index contributed by atoms with van der Waals surface area (Å²) in [4.78, 5) is 4.88. The zero-order valence-electron chi connectivity index (χ0n) is 15.5. The van der Waals surface area contributed by atoms with Crippen LogP contribution in [0.2, 0.25) is 0 Å². The smallest absolute Gasteiger partial charge is 0.126 e. The molecular formula is C21H30F2N2O. The van der Waals surface area contributed by atoms with E-state index in [0.29, 0.717) is 12.5 Å². The van der Waals surface area contributed by atoms with Gasteiger partial charge in [0, 0.05) is 38.9 Å². The van der Waals surface area contributed by atoms with Gasteiger partial charge in [-0.3, -0.25) is 4.90 Å². The van der Waals surface area contributed by atoms with Crippen molar-refractivity contribution in [3.8, 4) is 0 Å². The molecule has 0 radical (unpaired) electrons. The predicted octanol–water partition coefficient (Wildman–Crippen LogP) is 3.54. The molecule has 1 aromatic rings. The van der Waals surface area contributed by atoms with Crippen LogP contribution >= 0.6 is 0 Å². The molecule has 0 aromatic heterocycles. The first-order valence-corrected chi connectivity index (χ1v) is 10.2. The summed E-state index contributed by atoms with van der Waals surface area (Å²) in [7, 11) is 0. The molecule has 3 nitrogen and oxygen atoms in total. The predicted molar refractivity (Wildman–Crippen MR) is 97.8 cm³/mol. The quantitative estimate of drug-likeness (QED) is 0.656. The monoisotopic (exact) mass is 364 g/mol. The number of piperidine rings is 2. The lowest BCUT2D eigenvalue weighted by Crippen LogP contribution is -2.31. The number of fused-ring (bicyclic) bond motifs is 1. The first kappa shape index (κ1) is 18.3. The summed E-state index contributed by atoms with van der Waals surface area (Å²) in [5, 5.41) is 0. The molecule has 3 fully saturated rings. The molecule has 26 heavy (non-hydrogen) atoms. The number of ether oxygens (including phenoxy) is 1. The highest BCUT2D eigenvalue weighted by Gasteiger charge is 2.55. The lowest BCUT2D eigenvalue weighted by atomic mass is 10.1. The number of hydrogen-bond donors (Lipinski definition) is 0. The standard InChI is InChI=1S/C21H30F2N2O/c22-17-9-16(10-18(23)11-17)12-25-13-19-20(14-25)21(19)15-26-8-4-7-24-5-2-1-3-6-24/h9-11,19-21H,1-8,12-15H2. The second-order valence-corrected chi connectivity index (χ2v) is 8.29. The molecule has 3 aliphatic rings. The fourth-order valence-electron chi connectivity index (χ4n) is 4.87. The van der Waals surface area contributed by atoms with Gasteiger partial charge in [0.05, 0.1) is 6.61 Å². The van der Waals surface area contributed by atoms with E-state index >= 15 is 0 Å². The number of benzene rings is 1. The maximum Gasteiger partial charge on any atom is 0.126 e. The van der Waals surface area contributed by atoms with Gasteiger partial charge in [-0.1, -0.05) is 6.42 Å². The van der Waals surface area contributed by atoms with Crippen LogP contribution in [-0.2, 0) is 11.3 Å². The second kappa shape index (κ2) is 8.32. The average molecular weight is 364 g/mol. The summed E-state index contributed by atoms with van der Waals surface area (Å²) in [6, 6.07) is 3.81. The molecule has 2 aliphatic heterocycles. The van der Waals surface area contributed by atoms with Crippen LogP contribution in [0.3, 0.4) is 0 Å². The summed E-state index contributed by atoms with van der Waals surface area (Å²) < 4.78 is 32.5. The molecule has 0 bridgehead atoms. The molecule has 144 valence electrons. The van der Waals surface area contributed by atoms with Gasteiger partial charge >= 0.3 is 0 Å². The summed E-state index contributed by atoms with van der Waals surface area (Å²) in [5.41, 5.74) is 0.731. The van der Waals surface area contributed by atoms with Crippen LogP contribution in [0.1, 0.15) is 31.2 Å². The summed E-state index contributed by atoms with van der Waals surface area (Å²) >= 11 is 0. The third kappa shape index (κ3) is 4.62. The van der Waals surface area contributed by atoms with Gasteiger partial charge in [0.25, 0.3) is 0 Å². The van der Waals surface area contributed by atoms with Gasteiger partial charge in [0.1, 0.15) is 11.6 Å². The third-order valence-electron chi connectivity index (χ3n) is 6.30. The van der Waals surface area contributed by atoms with Crippen LogP contribution < -0.4 is 0 Å². The molecule has 2 heterocycles. The van der Waals surface area contributed by atoms with Gasteiger partial charge in [0.15, 0.2) is 0 Å². The largest absolute Gasteiger partial charge is 0.381 e. The topological polar surface area (TPSA) is 15.7 Å². The van der Waals surface area contributed by atoms with Crippen LogP contribution in [0.15, 0.2) is 18.2 Å². The Balaban J connectivity index is 1.10. The molecule has 0 N–H and O–H groups in total. The van der Waals surface area contributed by atoms with E-state index < -0.39 is 11.6 Å².